The number of hydrogen-bond donors (Lipinski definition) is 0. The molecule has 1 saturated heterocycles. The third-order valence-corrected chi connectivity index (χ3v) is 2.91. The lowest BCUT2D eigenvalue weighted by molar-refractivity contribution is -0.153. The van der Waals surface area contributed by atoms with Crippen LogP contribution >= 0.6 is 0 Å². The first kappa shape index (κ1) is 14.4. The van der Waals surface area contributed by atoms with Crippen molar-refractivity contribution in [2.75, 3.05) is 40.4 Å². The number of hydrogen-bond acceptors (Lipinski definition) is 6. The van der Waals surface area contributed by atoms with Crippen molar-refractivity contribution in [1.29, 1.82) is 0 Å². The fourth-order valence-electron chi connectivity index (χ4n) is 1.78. The zero-order chi connectivity index (χ0) is 13.7. The van der Waals surface area contributed by atoms with E-state index in [9.17, 15) is 14.4 Å². The van der Waals surface area contributed by atoms with Crippen LogP contribution in [0.15, 0.2) is 0 Å². The molecule has 0 aromatic rings. The van der Waals surface area contributed by atoms with E-state index in [-0.39, 0.29) is 37.6 Å². The average molecular weight is 258 g/mol. The summed E-state index contributed by atoms with van der Waals surface area (Å²) in [4.78, 5) is 37.3. The van der Waals surface area contributed by atoms with Crippen LogP contribution in [-0.2, 0) is 23.9 Å². The summed E-state index contributed by atoms with van der Waals surface area (Å²) in [5.74, 6) is -1.02. The summed E-state index contributed by atoms with van der Waals surface area (Å²) in [6.07, 6.45) is 0. The van der Waals surface area contributed by atoms with Gasteiger partial charge in [-0.2, -0.15) is 0 Å². The Morgan fingerprint density at radius 2 is 1.78 bits per heavy atom. The maximum Gasteiger partial charge on any atom is 0.325 e. The molecule has 1 fully saturated rings. The average Bonchev–Trinajstić information content (AvgIpc) is 2.34. The van der Waals surface area contributed by atoms with E-state index in [1.807, 2.05) is 6.92 Å². The number of piperazine rings is 1. The molecule has 0 spiro atoms. The van der Waals surface area contributed by atoms with E-state index in [0.717, 1.165) is 0 Å². The van der Waals surface area contributed by atoms with E-state index in [2.05, 4.69) is 9.47 Å². The maximum absolute atomic E-state index is 11.8. The third-order valence-electron chi connectivity index (χ3n) is 2.91. The molecule has 0 unspecified atom stereocenters. The van der Waals surface area contributed by atoms with E-state index in [1.54, 1.807) is 4.90 Å². The van der Waals surface area contributed by atoms with Crippen LogP contribution in [0.25, 0.3) is 0 Å². The van der Waals surface area contributed by atoms with Crippen molar-refractivity contribution in [1.82, 2.24) is 9.80 Å². The number of esters is 2. The minimum Gasteiger partial charge on any atom is -0.468 e. The first-order valence-electron chi connectivity index (χ1n) is 5.63. The molecule has 1 aliphatic heterocycles. The zero-order valence-electron chi connectivity index (χ0n) is 10.8. The van der Waals surface area contributed by atoms with Crippen molar-refractivity contribution in [2.45, 2.75) is 13.0 Å². The van der Waals surface area contributed by atoms with Gasteiger partial charge in [0.15, 0.2) is 0 Å². The molecule has 7 nitrogen and oxygen atoms in total. The van der Waals surface area contributed by atoms with Crippen LogP contribution in [-0.4, -0.2) is 74.1 Å². The molecule has 18 heavy (non-hydrogen) atoms. The fourth-order valence-corrected chi connectivity index (χ4v) is 1.78. The largest absolute Gasteiger partial charge is 0.468 e. The highest BCUT2D eigenvalue weighted by Crippen LogP contribution is 2.10. The summed E-state index contributed by atoms with van der Waals surface area (Å²) < 4.78 is 9.09. The Morgan fingerprint density at radius 1 is 1.22 bits per heavy atom. The van der Waals surface area contributed by atoms with Gasteiger partial charge in [0.25, 0.3) is 0 Å². The maximum atomic E-state index is 11.8. The van der Waals surface area contributed by atoms with Gasteiger partial charge in [0.2, 0.25) is 5.91 Å². The Kier molecular flexibility index (Phi) is 5.08. The Balaban J connectivity index is 2.56. The lowest BCUT2D eigenvalue weighted by atomic mass is 10.2. The molecule has 102 valence electrons. The van der Waals surface area contributed by atoms with Crippen molar-refractivity contribution < 1.29 is 23.9 Å². The predicted octanol–water partition coefficient (Wildman–Crippen LogP) is -1.13. The van der Waals surface area contributed by atoms with Crippen LogP contribution in [0.4, 0.5) is 0 Å². The summed E-state index contributed by atoms with van der Waals surface area (Å²) in [5, 5.41) is 0. The number of methoxy groups -OCH3 is 2. The molecule has 1 heterocycles. The third kappa shape index (κ3) is 3.69. The highest BCUT2D eigenvalue weighted by atomic mass is 16.5. The summed E-state index contributed by atoms with van der Waals surface area (Å²) >= 11 is 0. The molecule has 0 N–H and O–H groups in total. The standard InChI is InChI=1S/C11H18N2O5/c1-8-4-13(7-11(16)18-3)9(14)5-12(8)6-10(15)17-2/h8H,4-7H2,1-3H3/t8-/m0/s1. The van der Waals surface area contributed by atoms with Crippen LogP contribution in [0, 0.1) is 0 Å². The van der Waals surface area contributed by atoms with Gasteiger partial charge in [-0.25, -0.2) is 0 Å². The van der Waals surface area contributed by atoms with Crippen LogP contribution in [0.2, 0.25) is 0 Å². The van der Waals surface area contributed by atoms with E-state index in [1.165, 1.54) is 19.1 Å². The Bertz CT molecular complexity index is 344. The number of rotatable bonds is 4. The number of ether oxygens (including phenoxy) is 2. The number of carbonyl (C=O) groups excluding carboxylic acids is 3. The first-order valence-corrected chi connectivity index (χ1v) is 5.63. The molecule has 1 amide bonds. The highest BCUT2D eigenvalue weighted by molar-refractivity contribution is 5.84. The molecule has 0 aliphatic carbocycles. The zero-order valence-corrected chi connectivity index (χ0v) is 10.8. The van der Waals surface area contributed by atoms with Crippen molar-refractivity contribution in [3.8, 4) is 0 Å². The number of carbonyl (C=O) groups is 3. The monoisotopic (exact) mass is 258 g/mol. The molecule has 0 saturated carbocycles. The van der Waals surface area contributed by atoms with Gasteiger partial charge in [-0.15, -0.1) is 0 Å². The Morgan fingerprint density at radius 3 is 2.33 bits per heavy atom. The SMILES string of the molecule is COC(=O)CN1C[C@H](C)N(CC(=O)OC)CC1=O. The van der Waals surface area contributed by atoms with Crippen molar-refractivity contribution >= 4 is 17.8 Å². The lowest BCUT2D eigenvalue weighted by Crippen LogP contribution is -2.57. The van der Waals surface area contributed by atoms with Gasteiger partial charge in [0.1, 0.15) is 6.54 Å². The smallest absolute Gasteiger partial charge is 0.325 e. The first-order chi connectivity index (χ1) is 8.47. The van der Waals surface area contributed by atoms with Gasteiger partial charge in [-0.05, 0) is 6.92 Å². The second-order valence-electron chi connectivity index (χ2n) is 4.18. The van der Waals surface area contributed by atoms with Crippen molar-refractivity contribution in [2.24, 2.45) is 0 Å². The van der Waals surface area contributed by atoms with Gasteiger partial charge < -0.3 is 14.4 Å². The molecule has 0 bridgehead atoms. The number of amides is 1. The Labute approximate surface area is 106 Å². The number of nitrogens with zero attached hydrogens (tertiary/aromatic N) is 2. The van der Waals surface area contributed by atoms with E-state index < -0.39 is 5.97 Å². The highest BCUT2D eigenvalue weighted by Gasteiger charge is 2.31. The van der Waals surface area contributed by atoms with Gasteiger partial charge in [-0.3, -0.25) is 19.3 Å². The topological polar surface area (TPSA) is 76.2 Å². The fraction of sp³-hybridized carbons (Fsp3) is 0.727. The minimum absolute atomic E-state index is 0.00791. The molecule has 1 aliphatic rings. The normalized spacial score (nSPS) is 20.7. The molecule has 0 aromatic heterocycles. The van der Waals surface area contributed by atoms with Gasteiger partial charge >= 0.3 is 11.9 Å². The molecule has 0 aromatic carbocycles. The summed E-state index contributed by atoms with van der Waals surface area (Å²) in [6.45, 7) is 2.42. The van der Waals surface area contributed by atoms with Crippen molar-refractivity contribution in [3.05, 3.63) is 0 Å². The van der Waals surface area contributed by atoms with Gasteiger partial charge in [0, 0.05) is 12.6 Å². The quantitative estimate of drug-likeness (QED) is 0.594. The molecule has 1 atom stereocenters. The van der Waals surface area contributed by atoms with Crippen LogP contribution < -0.4 is 0 Å². The van der Waals surface area contributed by atoms with Crippen molar-refractivity contribution in [3.63, 3.8) is 0 Å². The van der Waals surface area contributed by atoms with E-state index in [0.29, 0.717) is 6.54 Å². The lowest BCUT2D eigenvalue weighted by Gasteiger charge is -2.38. The predicted molar refractivity (Wildman–Crippen MR) is 61.6 cm³/mol. The van der Waals surface area contributed by atoms with E-state index >= 15 is 0 Å². The summed E-state index contributed by atoms with van der Waals surface area (Å²) in [6, 6.07) is -0.00791. The molecule has 7 heteroatoms. The van der Waals surface area contributed by atoms with Crippen LogP contribution in [0.3, 0.4) is 0 Å². The molecular weight excluding hydrogens is 240 g/mol. The van der Waals surface area contributed by atoms with E-state index in [4.69, 9.17) is 0 Å². The molecule has 1 rings (SSSR count). The Hall–Kier alpha value is -1.63. The molecular formula is C11H18N2O5. The van der Waals surface area contributed by atoms with Crippen LogP contribution in [0.1, 0.15) is 6.92 Å². The van der Waals surface area contributed by atoms with Crippen LogP contribution in [0.5, 0.6) is 0 Å². The summed E-state index contributed by atoms with van der Waals surface area (Å²) in [5.41, 5.74) is 0. The molecule has 0 radical (unpaired) electrons. The van der Waals surface area contributed by atoms with Gasteiger partial charge in [-0.1, -0.05) is 0 Å². The second-order valence-corrected chi connectivity index (χ2v) is 4.18. The summed E-state index contributed by atoms with van der Waals surface area (Å²) in [7, 11) is 2.59. The second kappa shape index (κ2) is 6.34. The minimum atomic E-state index is -0.447. The van der Waals surface area contributed by atoms with Gasteiger partial charge in [0.05, 0.1) is 27.3 Å².